The third-order valence-corrected chi connectivity index (χ3v) is 6.82. The summed E-state index contributed by atoms with van der Waals surface area (Å²) < 4.78 is 26.5. The van der Waals surface area contributed by atoms with E-state index in [9.17, 15) is 18.0 Å². The summed E-state index contributed by atoms with van der Waals surface area (Å²) in [6.07, 6.45) is 2.46. The van der Waals surface area contributed by atoms with Gasteiger partial charge >= 0.3 is 5.97 Å². The average Bonchev–Trinajstić information content (AvgIpc) is 3.10. The van der Waals surface area contributed by atoms with Crippen LogP contribution in [0, 0.1) is 5.92 Å². The number of rotatable bonds is 8. The van der Waals surface area contributed by atoms with Crippen LogP contribution in [-0.4, -0.2) is 65.8 Å². The Bertz CT molecular complexity index is 711. The number of H-pyrrole nitrogens is 1. The minimum absolute atomic E-state index is 0.00641. The van der Waals surface area contributed by atoms with Gasteiger partial charge in [-0.05, 0) is 12.5 Å². The van der Waals surface area contributed by atoms with E-state index in [0.717, 1.165) is 11.5 Å². The molecule has 1 saturated heterocycles. The van der Waals surface area contributed by atoms with Gasteiger partial charge in [0.2, 0.25) is 10.0 Å². The Morgan fingerprint density at radius 1 is 1.40 bits per heavy atom. The van der Waals surface area contributed by atoms with Gasteiger partial charge in [0.05, 0.1) is 5.92 Å². The van der Waals surface area contributed by atoms with E-state index in [2.05, 4.69) is 10.3 Å². The highest BCUT2D eigenvalue weighted by atomic mass is 32.2. The lowest BCUT2D eigenvalue weighted by Gasteiger charge is -2.24. The van der Waals surface area contributed by atoms with Crippen molar-refractivity contribution in [3.05, 3.63) is 18.0 Å². The van der Waals surface area contributed by atoms with Gasteiger partial charge in [0, 0.05) is 37.3 Å². The molecule has 0 radical (unpaired) electrons. The summed E-state index contributed by atoms with van der Waals surface area (Å²) in [6.45, 7) is 2.79. The maximum atomic E-state index is 12.6. The summed E-state index contributed by atoms with van der Waals surface area (Å²) in [4.78, 5) is 26.0. The molecule has 0 bridgehead atoms. The summed E-state index contributed by atoms with van der Waals surface area (Å²) in [5.74, 6) is -0.619. The summed E-state index contributed by atoms with van der Waals surface area (Å²) in [7, 11) is -3.61. The molecule has 2 heterocycles. The van der Waals surface area contributed by atoms with Crippen LogP contribution in [0.1, 0.15) is 30.3 Å². The van der Waals surface area contributed by atoms with E-state index in [0.29, 0.717) is 25.9 Å². The summed E-state index contributed by atoms with van der Waals surface area (Å²) in [5, 5.41) is 11.6. The lowest BCUT2D eigenvalue weighted by Crippen LogP contribution is -2.37. The first-order valence-electron chi connectivity index (χ1n) is 8.13. The van der Waals surface area contributed by atoms with Crippen molar-refractivity contribution in [3.8, 4) is 0 Å². The first-order valence-corrected chi connectivity index (χ1v) is 10.7. The Morgan fingerprint density at radius 3 is 2.68 bits per heavy atom. The SMILES string of the molecule is CCCC(CNC(=O)c1cc(S(=O)(=O)N2CCSCC2)c[nH]1)C(=O)O. The molecule has 0 spiro atoms. The van der Waals surface area contributed by atoms with Crippen molar-refractivity contribution in [2.45, 2.75) is 24.7 Å². The fourth-order valence-electron chi connectivity index (χ4n) is 2.56. The van der Waals surface area contributed by atoms with Crippen LogP contribution in [-0.2, 0) is 14.8 Å². The summed E-state index contributed by atoms with van der Waals surface area (Å²) in [5.41, 5.74) is 0.102. The van der Waals surface area contributed by atoms with Crippen molar-refractivity contribution in [1.82, 2.24) is 14.6 Å². The number of carboxylic acid groups (broad SMARTS) is 1. The Labute approximate surface area is 151 Å². The zero-order chi connectivity index (χ0) is 18.4. The Kier molecular flexibility index (Phi) is 6.91. The molecule has 8 nitrogen and oxygen atoms in total. The number of carbonyl (C=O) groups is 2. The topological polar surface area (TPSA) is 120 Å². The number of aliphatic carboxylic acids is 1. The zero-order valence-corrected chi connectivity index (χ0v) is 15.7. The molecule has 0 aromatic carbocycles. The molecule has 1 aliphatic heterocycles. The number of hydrogen-bond acceptors (Lipinski definition) is 5. The van der Waals surface area contributed by atoms with E-state index in [1.54, 1.807) is 11.8 Å². The third kappa shape index (κ3) is 4.99. The Balaban J connectivity index is 2.02. The Hall–Kier alpha value is -1.52. The molecule has 1 aromatic heterocycles. The van der Waals surface area contributed by atoms with Gasteiger partial charge in [-0.15, -0.1) is 0 Å². The van der Waals surface area contributed by atoms with Crippen LogP contribution in [0.15, 0.2) is 17.2 Å². The van der Waals surface area contributed by atoms with Crippen LogP contribution >= 0.6 is 11.8 Å². The predicted molar refractivity (Wildman–Crippen MR) is 95.2 cm³/mol. The van der Waals surface area contributed by atoms with Crippen molar-refractivity contribution in [2.24, 2.45) is 5.92 Å². The van der Waals surface area contributed by atoms with E-state index < -0.39 is 27.8 Å². The minimum atomic E-state index is -3.61. The van der Waals surface area contributed by atoms with Crippen molar-refractivity contribution in [1.29, 1.82) is 0 Å². The second-order valence-corrected chi connectivity index (χ2v) is 8.96. The van der Waals surface area contributed by atoms with Gasteiger partial charge in [-0.3, -0.25) is 9.59 Å². The molecule has 2 rings (SSSR count). The van der Waals surface area contributed by atoms with Gasteiger partial charge in [-0.2, -0.15) is 16.1 Å². The van der Waals surface area contributed by atoms with Gasteiger partial charge in [-0.1, -0.05) is 13.3 Å². The average molecular weight is 389 g/mol. The van der Waals surface area contributed by atoms with Gasteiger partial charge in [0.25, 0.3) is 5.91 Å². The number of aromatic amines is 1. The van der Waals surface area contributed by atoms with E-state index in [4.69, 9.17) is 5.11 Å². The largest absolute Gasteiger partial charge is 0.481 e. The number of sulfonamides is 1. The number of carboxylic acids is 1. The molecule has 1 atom stereocenters. The molecule has 1 fully saturated rings. The number of carbonyl (C=O) groups excluding carboxylic acids is 1. The van der Waals surface area contributed by atoms with E-state index >= 15 is 0 Å². The molecule has 0 saturated carbocycles. The number of hydrogen-bond donors (Lipinski definition) is 3. The van der Waals surface area contributed by atoms with E-state index in [1.807, 2.05) is 6.92 Å². The minimum Gasteiger partial charge on any atom is -0.481 e. The second-order valence-electron chi connectivity index (χ2n) is 5.80. The molecule has 1 aromatic rings. The monoisotopic (exact) mass is 389 g/mol. The molecule has 1 amide bonds. The standard InChI is InChI=1S/C15H23N3O5S2/c1-2-3-11(15(20)21)9-17-14(19)13-8-12(10-16-13)25(22,23)18-4-6-24-7-5-18/h8,10-11,16H,2-7,9H2,1H3,(H,17,19)(H,20,21). The molecule has 140 valence electrons. The summed E-state index contributed by atoms with van der Waals surface area (Å²) in [6, 6.07) is 1.29. The predicted octanol–water partition coefficient (Wildman–Crippen LogP) is 0.983. The first kappa shape index (κ1) is 19.8. The van der Waals surface area contributed by atoms with Gasteiger partial charge in [0.1, 0.15) is 10.6 Å². The molecule has 1 aliphatic rings. The third-order valence-electron chi connectivity index (χ3n) is 4.00. The van der Waals surface area contributed by atoms with Crippen molar-refractivity contribution >= 4 is 33.7 Å². The zero-order valence-electron chi connectivity index (χ0n) is 14.0. The molecule has 1 unspecified atom stereocenters. The lowest BCUT2D eigenvalue weighted by atomic mass is 10.0. The molecule has 25 heavy (non-hydrogen) atoms. The number of nitrogens with one attached hydrogen (secondary N) is 2. The van der Waals surface area contributed by atoms with Crippen LogP contribution in [0.5, 0.6) is 0 Å². The van der Waals surface area contributed by atoms with E-state index in [-0.39, 0.29) is 17.1 Å². The number of thioether (sulfide) groups is 1. The fourth-order valence-corrected chi connectivity index (χ4v) is 5.13. The highest BCUT2D eigenvalue weighted by molar-refractivity contribution is 7.99. The lowest BCUT2D eigenvalue weighted by molar-refractivity contribution is -0.141. The molecular formula is C15H23N3O5S2. The molecule has 0 aliphatic carbocycles. The van der Waals surface area contributed by atoms with Gasteiger partial charge in [0.15, 0.2) is 0 Å². The fraction of sp³-hybridized carbons (Fsp3) is 0.600. The molecule has 10 heteroatoms. The van der Waals surface area contributed by atoms with Crippen LogP contribution in [0.4, 0.5) is 0 Å². The van der Waals surface area contributed by atoms with Crippen LogP contribution in [0.25, 0.3) is 0 Å². The maximum Gasteiger partial charge on any atom is 0.308 e. The molecule has 3 N–H and O–H groups in total. The van der Waals surface area contributed by atoms with Crippen molar-refractivity contribution in [3.63, 3.8) is 0 Å². The van der Waals surface area contributed by atoms with Crippen LogP contribution < -0.4 is 5.32 Å². The highest BCUT2D eigenvalue weighted by Gasteiger charge is 2.28. The van der Waals surface area contributed by atoms with Crippen molar-refractivity contribution < 1.29 is 23.1 Å². The smallest absolute Gasteiger partial charge is 0.308 e. The van der Waals surface area contributed by atoms with Gasteiger partial charge < -0.3 is 15.4 Å². The highest BCUT2D eigenvalue weighted by Crippen LogP contribution is 2.20. The van der Waals surface area contributed by atoms with Crippen LogP contribution in [0.3, 0.4) is 0 Å². The second kappa shape index (κ2) is 8.72. The van der Waals surface area contributed by atoms with Crippen molar-refractivity contribution in [2.75, 3.05) is 31.1 Å². The van der Waals surface area contributed by atoms with Crippen LogP contribution in [0.2, 0.25) is 0 Å². The number of amides is 1. The number of nitrogens with zero attached hydrogens (tertiary/aromatic N) is 1. The molecular weight excluding hydrogens is 366 g/mol. The quantitative estimate of drug-likeness (QED) is 0.610. The summed E-state index contributed by atoms with van der Waals surface area (Å²) >= 11 is 1.71. The Morgan fingerprint density at radius 2 is 2.08 bits per heavy atom. The number of aromatic nitrogens is 1. The van der Waals surface area contributed by atoms with E-state index in [1.165, 1.54) is 16.6 Å². The first-order chi connectivity index (χ1) is 11.9. The maximum absolute atomic E-state index is 12.6. The normalized spacial score (nSPS) is 17.2. The van der Waals surface area contributed by atoms with Gasteiger partial charge in [-0.25, -0.2) is 8.42 Å².